The molecule has 47 heavy (non-hydrogen) atoms. The van der Waals surface area contributed by atoms with Gasteiger partial charge in [-0.15, -0.1) is 0 Å². The minimum atomic E-state index is -0.435. The van der Waals surface area contributed by atoms with E-state index in [2.05, 4.69) is 60.7 Å². The van der Waals surface area contributed by atoms with Crippen molar-refractivity contribution in [1.29, 1.82) is 0 Å². The van der Waals surface area contributed by atoms with Crippen LogP contribution >= 0.6 is 0 Å². The van der Waals surface area contributed by atoms with Gasteiger partial charge in [0.1, 0.15) is 17.9 Å². The highest BCUT2D eigenvalue weighted by molar-refractivity contribution is 5.76. The normalized spacial score (nSPS) is 38.4. The third-order valence-corrected chi connectivity index (χ3v) is 15.5. The van der Waals surface area contributed by atoms with Crippen LogP contribution in [-0.4, -0.2) is 42.8 Å². The number of phenols is 1. The summed E-state index contributed by atoms with van der Waals surface area (Å²) in [6.07, 6.45) is 11.0. The van der Waals surface area contributed by atoms with Gasteiger partial charge < -0.3 is 19.9 Å². The van der Waals surface area contributed by atoms with Crippen molar-refractivity contribution in [3.8, 4) is 5.75 Å². The van der Waals surface area contributed by atoms with E-state index in [9.17, 15) is 14.7 Å². The molecular formula is C41H65NO5. The summed E-state index contributed by atoms with van der Waals surface area (Å²) in [5, 5.41) is 13.1. The van der Waals surface area contributed by atoms with Gasteiger partial charge >= 0.3 is 11.9 Å². The van der Waals surface area contributed by atoms with Gasteiger partial charge in [0.05, 0.1) is 7.11 Å². The number of hydrogen-bond acceptors (Lipinski definition) is 6. The van der Waals surface area contributed by atoms with Crippen molar-refractivity contribution < 1.29 is 24.2 Å². The lowest BCUT2D eigenvalue weighted by atomic mass is 9.34. The third-order valence-electron chi connectivity index (χ3n) is 15.5. The van der Waals surface area contributed by atoms with E-state index in [1.54, 1.807) is 19.1 Å². The zero-order chi connectivity index (χ0) is 34.6. The molecule has 6 nitrogen and oxygen atoms in total. The molecule has 4 fully saturated rings. The molecule has 0 heterocycles. The van der Waals surface area contributed by atoms with Crippen molar-refractivity contribution >= 4 is 11.9 Å². The maximum Gasteiger partial charge on any atom is 0.323 e. The topological polar surface area (TPSA) is 84.9 Å². The molecule has 1 aromatic rings. The highest BCUT2D eigenvalue weighted by Crippen LogP contribution is 2.76. The van der Waals surface area contributed by atoms with Crippen molar-refractivity contribution in [3.63, 3.8) is 0 Å². The van der Waals surface area contributed by atoms with Gasteiger partial charge in [-0.1, -0.05) is 67.5 Å². The van der Waals surface area contributed by atoms with Crippen LogP contribution in [0.4, 0.5) is 0 Å². The number of aromatic hydroxyl groups is 1. The predicted octanol–water partition coefficient (Wildman–Crippen LogP) is 8.74. The standard InChI is InChI=1S/C41H65NO5/c1-26-16-20-39(7)33(38(26,5)6)18-22-40(8)34(39)25-32(47-27(2)43)35-30(17-21-41(35,40)9)37(3,4)19-11-23-42-31(36(45)46-10)24-28-12-14-29(44)15-13-28/h12-15,26,30-35,42,44H,11,16-25H2,1-10H3/t26-,30?,31+,32?,33?,34?,35-,39-,40+,41+/m0/s1. The van der Waals surface area contributed by atoms with Crippen molar-refractivity contribution in [2.45, 2.75) is 139 Å². The van der Waals surface area contributed by atoms with E-state index < -0.39 is 6.04 Å². The number of phenolic OH excluding ortho intramolecular Hbond substituents is 1. The molecule has 0 aliphatic heterocycles. The van der Waals surface area contributed by atoms with Gasteiger partial charge in [0.25, 0.3) is 0 Å². The quantitative estimate of drug-likeness (QED) is 0.194. The number of carbonyl (C=O) groups excluding carboxylic acids is 2. The lowest BCUT2D eigenvalue weighted by molar-refractivity contribution is -0.242. The molecule has 0 radical (unpaired) electrons. The van der Waals surface area contributed by atoms with E-state index in [4.69, 9.17) is 9.47 Å². The van der Waals surface area contributed by atoms with E-state index in [0.717, 1.165) is 37.3 Å². The molecular weight excluding hydrogens is 586 g/mol. The smallest absolute Gasteiger partial charge is 0.323 e. The van der Waals surface area contributed by atoms with Gasteiger partial charge in [0, 0.05) is 12.8 Å². The number of carbonyl (C=O) groups is 2. The summed E-state index contributed by atoms with van der Waals surface area (Å²) in [5.74, 6) is 2.64. The first-order valence-electron chi connectivity index (χ1n) is 18.7. The maximum absolute atomic E-state index is 12.7. The van der Waals surface area contributed by atoms with Crippen molar-refractivity contribution in [1.82, 2.24) is 5.32 Å². The zero-order valence-electron chi connectivity index (χ0n) is 31.2. The first kappa shape index (κ1) is 36.2. The lowest BCUT2D eigenvalue weighted by Gasteiger charge is -2.71. The number of nitrogens with one attached hydrogen (secondary N) is 1. The zero-order valence-corrected chi connectivity index (χ0v) is 31.2. The fourth-order valence-electron chi connectivity index (χ4n) is 12.4. The maximum atomic E-state index is 12.7. The molecule has 0 amide bonds. The predicted molar refractivity (Wildman–Crippen MR) is 188 cm³/mol. The average Bonchev–Trinajstić information content (AvgIpc) is 3.38. The molecule has 6 heteroatoms. The van der Waals surface area contributed by atoms with E-state index in [-0.39, 0.29) is 45.5 Å². The summed E-state index contributed by atoms with van der Waals surface area (Å²) in [5.41, 5.74) is 1.99. The van der Waals surface area contributed by atoms with Crippen molar-refractivity contribution in [2.75, 3.05) is 13.7 Å². The Morgan fingerprint density at radius 3 is 2.28 bits per heavy atom. The summed E-state index contributed by atoms with van der Waals surface area (Å²) in [6, 6.07) is 6.58. The van der Waals surface area contributed by atoms with Gasteiger partial charge in [-0.05, 0) is 139 Å². The Morgan fingerprint density at radius 1 is 0.979 bits per heavy atom. The Labute approximate surface area is 285 Å². The number of esters is 2. The second kappa shape index (κ2) is 13.0. The SMILES string of the molecule is COC(=O)[C@@H](Cc1ccc(O)cc1)NCCCC(C)(C)C1CC[C@]2(C)[C@@H]1C(OC(C)=O)CC1[C@@]3(C)CC[C@H](C)C(C)(C)C3CC[C@]12C. The Balaban J connectivity index is 1.33. The highest BCUT2D eigenvalue weighted by atomic mass is 16.5. The summed E-state index contributed by atoms with van der Waals surface area (Å²) < 4.78 is 11.5. The Morgan fingerprint density at radius 2 is 1.64 bits per heavy atom. The molecule has 4 aliphatic rings. The average molecular weight is 652 g/mol. The van der Waals surface area contributed by atoms with Crippen molar-refractivity contribution in [3.05, 3.63) is 29.8 Å². The minimum Gasteiger partial charge on any atom is -0.508 e. The molecule has 0 bridgehead atoms. The number of rotatable bonds is 10. The number of fused-ring (bicyclic) bond motifs is 5. The van der Waals surface area contributed by atoms with Crippen LogP contribution in [0.1, 0.15) is 126 Å². The fourth-order valence-corrected chi connectivity index (χ4v) is 12.4. The molecule has 264 valence electrons. The highest BCUT2D eigenvalue weighted by Gasteiger charge is 2.71. The summed E-state index contributed by atoms with van der Waals surface area (Å²) in [6.45, 7) is 22.6. The minimum absolute atomic E-state index is 0.0347. The lowest BCUT2D eigenvalue weighted by Crippen LogP contribution is -2.66. The first-order chi connectivity index (χ1) is 21.9. The van der Waals surface area contributed by atoms with Crippen LogP contribution in [0.3, 0.4) is 0 Å². The van der Waals surface area contributed by atoms with E-state index in [1.165, 1.54) is 45.6 Å². The second-order valence-electron chi connectivity index (χ2n) is 18.3. The first-order valence-corrected chi connectivity index (χ1v) is 18.7. The summed E-state index contributed by atoms with van der Waals surface area (Å²) in [4.78, 5) is 25.4. The Kier molecular flexibility index (Phi) is 10.0. The van der Waals surface area contributed by atoms with Gasteiger partial charge in [0.15, 0.2) is 0 Å². The van der Waals surface area contributed by atoms with Crippen LogP contribution < -0.4 is 5.32 Å². The number of methoxy groups -OCH3 is 1. The van der Waals surface area contributed by atoms with Crippen molar-refractivity contribution in [2.24, 2.45) is 56.7 Å². The second-order valence-corrected chi connectivity index (χ2v) is 18.3. The van der Waals surface area contributed by atoms with Crippen LogP contribution in [0.2, 0.25) is 0 Å². The molecule has 0 aromatic heterocycles. The number of hydrogen-bond donors (Lipinski definition) is 2. The molecule has 0 saturated heterocycles. The monoisotopic (exact) mass is 651 g/mol. The summed E-state index contributed by atoms with van der Waals surface area (Å²) >= 11 is 0. The van der Waals surface area contributed by atoms with E-state index in [0.29, 0.717) is 35.5 Å². The van der Waals surface area contributed by atoms with Crippen LogP contribution in [0.25, 0.3) is 0 Å². The number of benzene rings is 1. The van der Waals surface area contributed by atoms with Crippen LogP contribution in [0.5, 0.6) is 5.75 Å². The van der Waals surface area contributed by atoms with Gasteiger partial charge in [-0.2, -0.15) is 0 Å². The van der Waals surface area contributed by atoms with Crippen LogP contribution in [-0.2, 0) is 25.5 Å². The van der Waals surface area contributed by atoms with Gasteiger partial charge in [-0.3, -0.25) is 9.59 Å². The van der Waals surface area contributed by atoms with Crippen LogP contribution in [0.15, 0.2) is 24.3 Å². The molecule has 0 spiro atoms. The van der Waals surface area contributed by atoms with Gasteiger partial charge in [-0.25, -0.2) is 0 Å². The molecule has 4 unspecified atom stereocenters. The van der Waals surface area contributed by atoms with Crippen LogP contribution in [0, 0.1) is 56.7 Å². The molecule has 10 atom stereocenters. The molecule has 4 saturated carbocycles. The Bertz CT molecular complexity index is 1290. The van der Waals surface area contributed by atoms with Gasteiger partial charge in [0.2, 0.25) is 0 Å². The van der Waals surface area contributed by atoms with E-state index in [1.807, 2.05) is 12.1 Å². The Hall–Kier alpha value is -2.08. The third kappa shape index (κ3) is 6.27. The number of ether oxygens (including phenoxy) is 2. The molecule has 1 aromatic carbocycles. The van der Waals surface area contributed by atoms with E-state index >= 15 is 0 Å². The molecule has 2 N–H and O–H groups in total. The fraction of sp³-hybridized carbons (Fsp3) is 0.805. The molecule has 5 rings (SSSR count). The largest absolute Gasteiger partial charge is 0.508 e. The summed E-state index contributed by atoms with van der Waals surface area (Å²) in [7, 11) is 1.44. The molecule has 4 aliphatic carbocycles.